The molecule has 94 valence electrons. The van der Waals surface area contributed by atoms with Gasteiger partial charge in [0.15, 0.2) is 5.78 Å². The topological polar surface area (TPSA) is 34.1 Å². The predicted octanol–water partition coefficient (Wildman–Crippen LogP) is 3.62. The Hall–Kier alpha value is -1.18. The molecule has 0 aliphatic heterocycles. The number of hydrogen-bond acceptors (Lipinski definition) is 2. The third-order valence-electron chi connectivity index (χ3n) is 3.32. The summed E-state index contributed by atoms with van der Waals surface area (Å²) >= 11 is 0. The van der Waals surface area contributed by atoms with Gasteiger partial charge < -0.3 is 4.79 Å². The van der Waals surface area contributed by atoms with E-state index in [0.717, 1.165) is 18.4 Å². The molecule has 1 aliphatic rings. The van der Waals surface area contributed by atoms with Gasteiger partial charge in [0.25, 0.3) is 0 Å². The zero-order valence-electron chi connectivity index (χ0n) is 11.3. The fourth-order valence-corrected chi connectivity index (χ4v) is 2.05. The second kappa shape index (κ2) is 5.95. The van der Waals surface area contributed by atoms with Crippen molar-refractivity contribution in [2.75, 3.05) is 0 Å². The average molecular weight is 234 g/mol. The molecule has 0 unspecified atom stereocenters. The zero-order chi connectivity index (χ0) is 13.0. The van der Waals surface area contributed by atoms with Crippen LogP contribution in [-0.2, 0) is 9.59 Å². The number of allylic oxidation sites excluding steroid dienone is 4. The number of rotatable bonds is 5. The van der Waals surface area contributed by atoms with Gasteiger partial charge in [0.2, 0.25) is 0 Å². The minimum atomic E-state index is 0.208. The smallest absolute Gasteiger partial charge is 0.163 e. The molecular formula is C15H22O2. The Labute approximate surface area is 104 Å². The molecule has 0 aromatic carbocycles. The van der Waals surface area contributed by atoms with Crippen molar-refractivity contribution in [2.45, 2.75) is 53.4 Å². The molecular weight excluding hydrogens is 212 g/mol. The van der Waals surface area contributed by atoms with E-state index in [0.29, 0.717) is 18.8 Å². The minimum Gasteiger partial charge on any atom is -0.300 e. The quantitative estimate of drug-likeness (QED) is 0.728. The highest BCUT2D eigenvalue weighted by Crippen LogP contribution is 2.27. The maximum atomic E-state index is 11.7. The van der Waals surface area contributed by atoms with Gasteiger partial charge in [0.05, 0.1) is 0 Å². The first kappa shape index (κ1) is 13.9. The number of carbonyl (C=O) groups excluding carboxylic acids is 2. The third-order valence-corrected chi connectivity index (χ3v) is 3.32. The van der Waals surface area contributed by atoms with Gasteiger partial charge in [-0.05, 0) is 32.6 Å². The SMILES string of the molecule is CC(=O)CC/C(=C/C1=C(C)CCC1=O)C(C)C. The summed E-state index contributed by atoms with van der Waals surface area (Å²) in [6.07, 6.45) is 4.92. The van der Waals surface area contributed by atoms with Crippen molar-refractivity contribution in [3.8, 4) is 0 Å². The van der Waals surface area contributed by atoms with E-state index in [4.69, 9.17) is 0 Å². The summed E-state index contributed by atoms with van der Waals surface area (Å²) < 4.78 is 0. The van der Waals surface area contributed by atoms with Crippen LogP contribution >= 0.6 is 0 Å². The van der Waals surface area contributed by atoms with Crippen LogP contribution in [0.15, 0.2) is 22.8 Å². The van der Waals surface area contributed by atoms with Crippen LogP contribution in [0.4, 0.5) is 0 Å². The van der Waals surface area contributed by atoms with Crippen LogP contribution in [0.1, 0.15) is 53.4 Å². The monoisotopic (exact) mass is 234 g/mol. The lowest BCUT2D eigenvalue weighted by Crippen LogP contribution is -2.01. The molecule has 0 fully saturated rings. The maximum Gasteiger partial charge on any atom is 0.163 e. The molecule has 17 heavy (non-hydrogen) atoms. The maximum absolute atomic E-state index is 11.7. The highest BCUT2D eigenvalue weighted by atomic mass is 16.1. The van der Waals surface area contributed by atoms with E-state index in [1.54, 1.807) is 6.92 Å². The van der Waals surface area contributed by atoms with E-state index in [-0.39, 0.29) is 11.6 Å². The first-order valence-corrected chi connectivity index (χ1v) is 6.34. The van der Waals surface area contributed by atoms with Gasteiger partial charge in [0, 0.05) is 18.4 Å². The molecule has 0 N–H and O–H groups in total. The van der Waals surface area contributed by atoms with Gasteiger partial charge in [-0.2, -0.15) is 0 Å². The Morgan fingerprint density at radius 1 is 1.29 bits per heavy atom. The molecule has 0 saturated carbocycles. The van der Waals surface area contributed by atoms with Crippen LogP contribution in [0.25, 0.3) is 0 Å². The van der Waals surface area contributed by atoms with E-state index >= 15 is 0 Å². The van der Waals surface area contributed by atoms with Crippen molar-refractivity contribution in [1.29, 1.82) is 0 Å². The summed E-state index contributed by atoms with van der Waals surface area (Å²) in [6.45, 7) is 7.87. The van der Waals surface area contributed by atoms with Crippen LogP contribution in [0.3, 0.4) is 0 Å². The van der Waals surface area contributed by atoms with Crippen LogP contribution in [0.2, 0.25) is 0 Å². The van der Waals surface area contributed by atoms with Crippen LogP contribution in [0, 0.1) is 5.92 Å². The number of carbonyl (C=O) groups is 2. The first-order chi connectivity index (χ1) is 7.91. The van der Waals surface area contributed by atoms with E-state index in [1.807, 2.05) is 13.0 Å². The summed E-state index contributed by atoms with van der Waals surface area (Å²) in [5, 5.41) is 0. The highest BCUT2D eigenvalue weighted by molar-refractivity contribution is 6.01. The van der Waals surface area contributed by atoms with Crippen molar-refractivity contribution < 1.29 is 9.59 Å². The lowest BCUT2D eigenvalue weighted by atomic mass is 9.94. The summed E-state index contributed by atoms with van der Waals surface area (Å²) in [6, 6.07) is 0. The van der Waals surface area contributed by atoms with Gasteiger partial charge in [-0.1, -0.05) is 31.1 Å². The number of hydrogen-bond donors (Lipinski definition) is 0. The molecule has 0 atom stereocenters. The summed E-state index contributed by atoms with van der Waals surface area (Å²) in [5.41, 5.74) is 3.29. The third kappa shape index (κ3) is 3.95. The van der Waals surface area contributed by atoms with Crippen molar-refractivity contribution in [3.05, 3.63) is 22.8 Å². The van der Waals surface area contributed by atoms with Gasteiger partial charge in [0.1, 0.15) is 5.78 Å². The van der Waals surface area contributed by atoms with E-state index < -0.39 is 0 Å². The van der Waals surface area contributed by atoms with Gasteiger partial charge in [-0.25, -0.2) is 0 Å². The van der Waals surface area contributed by atoms with Crippen molar-refractivity contribution in [2.24, 2.45) is 5.92 Å². The molecule has 0 spiro atoms. The van der Waals surface area contributed by atoms with Gasteiger partial charge >= 0.3 is 0 Å². The average Bonchev–Trinajstić information content (AvgIpc) is 2.53. The fraction of sp³-hybridized carbons (Fsp3) is 0.600. The second-order valence-electron chi connectivity index (χ2n) is 5.19. The van der Waals surface area contributed by atoms with Crippen molar-refractivity contribution >= 4 is 11.6 Å². The molecule has 0 aromatic rings. The molecule has 2 nitrogen and oxygen atoms in total. The Morgan fingerprint density at radius 2 is 1.94 bits per heavy atom. The lowest BCUT2D eigenvalue weighted by molar-refractivity contribution is -0.117. The van der Waals surface area contributed by atoms with E-state index in [2.05, 4.69) is 13.8 Å². The molecule has 1 rings (SSSR count). The number of Topliss-reactive ketones (excluding diaryl/α,β-unsaturated/α-hetero) is 2. The van der Waals surface area contributed by atoms with Crippen LogP contribution in [-0.4, -0.2) is 11.6 Å². The number of ketones is 2. The Kier molecular flexibility index (Phi) is 4.86. The Morgan fingerprint density at radius 3 is 2.35 bits per heavy atom. The Balaban J connectivity index is 2.87. The van der Waals surface area contributed by atoms with Crippen molar-refractivity contribution in [1.82, 2.24) is 0 Å². The molecule has 0 bridgehead atoms. The molecule has 0 heterocycles. The predicted molar refractivity (Wildman–Crippen MR) is 69.8 cm³/mol. The molecule has 0 amide bonds. The fourth-order valence-electron chi connectivity index (χ4n) is 2.05. The van der Waals surface area contributed by atoms with Crippen molar-refractivity contribution in [3.63, 3.8) is 0 Å². The highest BCUT2D eigenvalue weighted by Gasteiger charge is 2.19. The lowest BCUT2D eigenvalue weighted by Gasteiger charge is -2.11. The normalized spacial score (nSPS) is 17.2. The van der Waals surface area contributed by atoms with E-state index in [1.165, 1.54) is 11.1 Å². The summed E-state index contributed by atoms with van der Waals surface area (Å²) in [7, 11) is 0. The minimum absolute atomic E-state index is 0.208. The molecule has 1 aliphatic carbocycles. The first-order valence-electron chi connectivity index (χ1n) is 6.34. The van der Waals surface area contributed by atoms with Gasteiger partial charge in [-0.15, -0.1) is 0 Å². The second-order valence-corrected chi connectivity index (χ2v) is 5.19. The van der Waals surface area contributed by atoms with Crippen LogP contribution < -0.4 is 0 Å². The summed E-state index contributed by atoms with van der Waals surface area (Å²) in [4.78, 5) is 22.7. The largest absolute Gasteiger partial charge is 0.300 e. The summed E-state index contributed by atoms with van der Waals surface area (Å²) in [5.74, 6) is 0.853. The molecule has 0 radical (unpaired) electrons. The zero-order valence-corrected chi connectivity index (χ0v) is 11.3. The van der Waals surface area contributed by atoms with Gasteiger partial charge in [-0.3, -0.25) is 4.79 Å². The molecule has 0 aromatic heterocycles. The van der Waals surface area contributed by atoms with Crippen LogP contribution in [0.5, 0.6) is 0 Å². The standard InChI is InChI=1S/C15H22O2/c1-10(2)13(7-6-12(4)16)9-14-11(3)5-8-15(14)17/h9-10H,5-8H2,1-4H3/b13-9-. The molecule has 0 saturated heterocycles. The van der Waals surface area contributed by atoms with E-state index in [9.17, 15) is 9.59 Å². The Bertz CT molecular complexity index is 384. The molecule has 2 heteroatoms.